The quantitative estimate of drug-likeness (QED) is 0.882. The predicted molar refractivity (Wildman–Crippen MR) is 69.5 cm³/mol. The number of aromatic nitrogens is 2. The van der Waals surface area contributed by atoms with Crippen LogP contribution in [0, 0.1) is 0 Å². The Morgan fingerprint density at radius 1 is 1.30 bits per heavy atom. The van der Waals surface area contributed by atoms with Gasteiger partial charge in [-0.1, -0.05) is 0 Å². The van der Waals surface area contributed by atoms with Gasteiger partial charge in [-0.2, -0.15) is 0 Å². The summed E-state index contributed by atoms with van der Waals surface area (Å²) in [5, 5.41) is 8.76. The van der Waals surface area contributed by atoms with Gasteiger partial charge in [-0.15, -0.1) is 0 Å². The van der Waals surface area contributed by atoms with Gasteiger partial charge >= 0.3 is 12.1 Å². The van der Waals surface area contributed by atoms with Crippen molar-refractivity contribution in [1.82, 2.24) is 14.9 Å². The first kappa shape index (κ1) is 14.2. The molecule has 1 aliphatic heterocycles. The monoisotopic (exact) mass is 279 g/mol. The molecule has 1 aliphatic rings. The maximum Gasteiger partial charge on any atom is 0.410 e. The predicted octanol–water partition coefficient (Wildman–Crippen LogP) is 1.51. The number of hydrogen-bond acceptors (Lipinski definition) is 5. The van der Waals surface area contributed by atoms with E-state index in [0.717, 1.165) is 0 Å². The van der Waals surface area contributed by atoms with Crippen LogP contribution in [0.5, 0.6) is 0 Å². The van der Waals surface area contributed by atoms with Crippen LogP contribution in [0.2, 0.25) is 0 Å². The van der Waals surface area contributed by atoms with Crippen molar-refractivity contribution in [2.24, 2.45) is 0 Å². The Morgan fingerprint density at radius 3 is 2.30 bits per heavy atom. The molecule has 20 heavy (non-hydrogen) atoms. The van der Waals surface area contributed by atoms with Crippen molar-refractivity contribution in [3.63, 3.8) is 0 Å². The highest BCUT2D eigenvalue weighted by molar-refractivity contribution is 5.86. The molecule has 0 aromatic carbocycles. The number of aromatic carboxylic acids is 1. The molecule has 108 valence electrons. The summed E-state index contributed by atoms with van der Waals surface area (Å²) in [5.41, 5.74) is -0.459. The van der Waals surface area contributed by atoms with Crippen LogP contribution >= 0.6 is 0 Å². The number of carboxylic acids is 1. The first-order valence-electron chi connectivity index (χ1n) is 6.29. The average Bonchev–Trinajstić information content (AvgIpc) is 2.25. The summed E-state index contributed by atoms with van der Waals surface area (Å²) in [7, 11) is 0. The Bertz CT molecular complexity index is 515. The first-order chi connectivity index (χ1) is 9.26. The highest BCUT2D eigenvalue weighted by atomic mass is 16.6. The number of amides is 1. The zero-order valence-electron chi connectivity index (χ0n) is 11.7. The SMILES string of the molecule is CC(C)(C)OC(=O)N1CC(c2ncc(C(=O)O)cn2)C1. The van der Waals surface area contributed by atoms with Crippen LogP contribution in [0.15, 0.2) is 12.4 Å². The molecular formula is C13H17N3O4. The summed E-state index contributed by atoms with van der Waals surface area (Å²) < 4.78 is 5.24. The Labute approximate surface area is 116 Å². The molecule has 0 aliphatic carbocycles. The van der Waals surface area contributed by atoms with Gasteiger partial charge in [-0.25, -0.2) is 19.6 Å². The standard InChI is InChI=1S/C13H17N3O4/c1-13(2,3)20-12(19)16-6-9(7-16)10-14-4-8(5-15-10)11(17)18/h4-5,9H,6-7H2,1-3H3,(H,17,18). The molecule has 1 fully saturated rings. The zero-order valence-corrected chi connectivity index (χ0v) is 11.7. The average molecular weight is 279 g/mol. The fourth-order valence-electron chi connectivity index (χ4n) is 1.78. The minimum atomic E-state index is -1.06. The van der Waals surface area contributed by atoms with Crippen LogP contribution in [0.1, 0.15) is 42.9 Å². The van der Waals surface area contributed by atoms with Crippen LogP contribution in [0.3, 0.4) is 0 Å². The molecule has 1 N–H and O–H groups in total. The number of hydrogen-bond donors (Lipinski definition) is 1. The van der Waals surface area contributed by atoms with E-state index in [0.29, 0.717) is 18.9 Å². The van der Waals surface area contributed by atoms with E-state index in [2.05, 4.69) is 9.97 Å². The van der Waals surface area contributed by atoms with E-state index in [1.54, 1.807) is 4.90 Å². The molecule has 2 heterocycles. The summed E-state index contributed by atoms with van der Waals surface area (Å²) in [6, 6.07) is 0. The number of carbonyl (C=O) groups is 2. The lowest BCUT2D eigenvalue weighted by atomic mass is 10.00. The van der Waals surface area contributed by atoms with Gasteiger partial charge < -0.3 is 14.7 Å². The van der Waals surface area contributed by atoms with Gasteiger partial charge in [-0.05, 0) is 20.8 Å². The fraction of sp³-hybridized carbons (Fsp3) is 0.538. The topological polar surface area (TPSA) is 92.6 Å². The molecule has 1 aromatic heterocycles. The minimum absolute atomic E-state index is 0.0327. The third-order valence-corrected chi connectivity index (χ3v) is 2.82. The summed E-state index contributed by atoms with van der Waals surface area (Å²) in [4.78, 5) is 32.0. The molecule has 0 radical (unpaired) electrons. The summed E-state index contributed by atoms with van der Waals surface area (Å²) in [6.07, 6.45) is 2.21. The fourth-order valence-corrected chi connectivity index (χ4v) is 1.78. The molecular weight excluding hydrogens is 262 g/mol. The van der Waals surface area contributed by atoms with Crippen molar-refractivity contribution in [1.29, 1.82) is 0 Å². The number of ether oxygens (including phenoxy) is 1. The zero-order chi connectivity index (χ0) is 14.9. The molecule has 1 saturated heterocycles. The minimum Gasteiger partial charge on any atom is -0.478 e. The van der Waals surface area contributed by atoms with Crippen molar-refractivity contribution >= 4 is 12.1 Å². The summed E-state index contributed by atoms with van der Waals surface area (Å²) in [6.45, 7) is 6.42. The second-order valence-corrected chi connectivity index (χ2v) is 5.72. The summed E-state index contributed by atoms with van der Waals surface area (Å²) >= 11 is 0. The van der Waals surface area contributed by atoms with E-state index in [1.165, 1.54) is 12.4 Å². The number of nitrogens with zero attached hydrogens (tertiary/aromatic N) is 3. The Balaban J connectivity index is 1.90. The molecule has 7 heteroatoms. The van der Waals surface area contributed by atoms with E-state index in [9.17, 15) is 9.59 Å². The van der Waals surface area contributed by atoms with E-state index in [-0.39, 0.29) is 17.6 Å². The normalized spacial score (nSPS) is 15.7. The van der Waals surface area contributed by atoms with Crippen molar-refractivity contribution in [3.05, 3.63) is 23.8 Å². The highest BCUT2D eigenvalue weighted by Gasteiger charge is 2.36. The highest BCUT2D eigenvalue weighted by Crippen LogP contribution is 2.25. The largest absolute Gasteiger partial charge is 0.478 e. The van der Waals surface area contributed by atoms with E-state index in [4.69, 9.17) is 9.84 Å². The van der Waals surface area contributed by atoms with Gasteiger partial charge in [0.2, 0.25) is 0 Å². The Hall–Kier alpha value is -2.18. The molecule has 0 bridgehead atoms. The van der Waals surface area contributed by atoms with Crippen molar-refractivity contribution < 1.29 is 19.4 Å². The van der Waals surface area contributed by atoms with E-state index in [1.807, 2.05) is 20.8 Å². The molecule has 0 saturated carbocycles. The second-order valence-electron chi connectivity index (χ2n) is 5.72. The van der Waals surface area contributed by atoms with Gasteiger partial charge in [0.05, 0.1) is 11.5 Å². The lowest BCUT2D eigenvalue weighted by Gasteiger charge is -2.38. The Kier molecular flexibility index (Phi) is 3.61. The van der Waals surface area contributed by atoms with E-state index >= 15 is 0 Å². The maximum absolute atomic E-state index is 11.7. The molecule has 1 aromatic rings. The number of rotatable bonds is 2. The number of carbonyl (C=O) groups excluding carboxylic acids is 1. The smallest absolute Gasteiger partial charge is 0.410 e. The molecule has 1 amide bonds. The lowest BCUT2D eigenvalue weighted by molar-refractivity contribution is 0.00751. The lowest BCUT2D eigenvalue weighted by Crippen LogP contribution is -2.50. The van der Waals surface area contributed by atoms with Crippen LogP contribution < -0.4 is 0 Å². The van der Waals surface area contributed by atoms with Crippen molar-refractivity contribution in [3.8, 4) is 0 Å². The third kappa shape index (κ3) is 3.23. The molecule has 7 nitrogen and oxygen atoms in total. The molecule has 2 rings (SSSR count). The van der Waals surface area contributed by atoms with Gasteiger partial charge in [0.1, 0.15) is 11.4 Å². The van der Waals surface area contributed by atoms with Gasteiger partial charge in [-0.3, -0.25) is 0 Å². The van der Waals surface area contributed by atoms with Crippen LogP contribution in [0.4, 0.5) is 4.79 Å². The number of likely N-dealkylation sites (tertiary alicyclic amines) is 1. The van der Waals surface area contributed by atoms with Gasteiger partial charge in [0.15, 0.2) is 0 Å². The molecule has 0 unspecified atom stereocenters. The van der Waals surface area contributed by atoms with Gasteiger partial charge in [0, 0.05) is 25.5 Å². The number of carboxylic acid groups (broad SMARTS) is 1. The second kappa shape index (κ2) is 5.07. The summed E-state index contributed by atoms with van der Waals surface area (Å²) in [5.74, 6) is -0.472. The van der Waals surface area contributed by atoms with Gasteiger partial charge in [0.25, 0.3) is 0 Å². The van der Waals surface area contributed by atoms with Crippen molar-refractivity contribution in [2.45, 2.75) is 32.3 Å². The third-order valence-electron chi connectivity index (χ3n) is 2.82. The Morgan fingerprint density at radius 2 is 1.85 bits per heavy atom. The van der Waals surface area contributed by atoms with Crippen LogP contribution in [-0.4, -0.2) is 50.7 Å². The van der Waals surface area contributed by atoms with Crippen LogP contribution in [0.25, 0.3) is 0 Å². The van der Waals surface area contributed by atoms with E-state index < -0.39 is 11.6 Å². The maximum atomic E-state index is 11.7. The van der Waals surface area contributed by atoms with Crippen molar-refractivity contribution in [2.75, 3.05) is 13.1 Å². The molecule has 0 spiro atoms. The van der Waals surface area contributed by atoms with Crippen LogP contribution in [-0.2, 0) is 4.74 Å². The first-order valence-corrected chi connectivity index (χ1v) is 6.29. The molecule has 0 atom stereocenters.